The molecular formula is C10H14FNS. The maximum absolute atomic E-state index is 11.8. The molecular weight excluding hydrogens is 185 g/mol. The summed E-state index contributed by atoms with van der Waals surface area (Å²) in [5.41, 5.74) is 7.76. The number of benzene rings is 1. The Bertz CT molecular complexity index is 276. The molecule has 0 unspecified atom stereocenters. The molecule has 0 saturated carbocycles. The van der Waals surface area contributed by atoms with E-state index < -0.39 is 0 Å². The van der Waals surface area contributed by atoms with Gasteiger partial charge < -0.3 is 5.73 Å². The third-order valence-corrected chi connectivity index (χ3v) is 2.98. The van der Waals surface area contributed by atoms with Crippen molar-refractivity contribution < 1.29 is 4.39 Å². The molecule has 0 aliphatic heterocycles. The summed E-state index contributed by atoms with van der Waals surface area (Å²) in [6.07, 6.45) is 0.595. The maximum Gasteiger partial charge on any atom is 0.0902 e. The van der Waals surface area contributed by atoms with Gasteiger partial charge in [0, 0.05) is 16.3 Å². The van der Waals surface area contributed by atoms with Crippen molar-refractivity contribution in [2.24, 2.45) is 0 Å². The SMILES string of the molecule is Cc1cccc(SCCCF)c1N. The van der Waals surface area contributed by atoms with Gasteiger partial charge >= 0.3 is 0 Å². The first-order valence-electron chi connectivity index (χ1n) is 4.29. The Labute approximate surface area is 82.5 Å². The highest BCUT2D eigenvalue weighted by Gasteiger charge is 2.01. The molecule has 2 N–H and O–H groups in total. The molecule has 0 heterocycles. The quantitative estimate of drug-likeness (QED) is 0.458. The van der Waals surface area contributed by atoms with Gasteiger partial charge in [-0.1, -0.05) is 12.1 Å². The summed E-state index contributed by atoms with van der Waals surface area (Å²) in [6, 6.07) is 5.93. The van der Waals surface area contributed by atoms with Gasteiger partial charge in [-0.15, -0.1) is 11.8 Å². The predicted octanol–water partition coefficient (Wildman–Crippen LogP) is 3.03. The number of nitrogens with two attached hydrogens (primary N) is 1. The number of hydrogen-bond donors (Lipinski definition) is 1. The number of rotatable bonds is 4. The maximum atomic E-state index is 11.8. The van der Waals surface area contributed by atoms with Crippen LogP contribution in [0.1, 0.15) is 12.0 Å². The molecule has 0 aromatic heterocycles. The van der Waals surface area contributed by atoms with Crippen LogP contribution in [0.2, 0.25) is 0 Å². The van der Waals surface area contributed by atoms with Crippen molar-refractivity contribution in [3.63, 3.8) is 0 Å². The van der Waals surface area contributed by atoms with Gasteiger partial charge in [-0.25, -0.2) is 0 Å². The Hall–Kier alpha value is -0.700. The van der Waals surface area contributed by atoms with Gasteiger partial charge in [0.15, 0.2) is 0 Å². The van der Waals surface area contributed by atoms with Crippen molar-refractivity contribution in [2.45, 2.75) is 18.2 Å². The predicted molar refractivity (Wildman–Crippen MR) is 56.9 cm³/mol. The van der Waals surface area contributed by atoms with Crippen molar-refractivity contribution >= 4 is 17.4 Å². The van der Waals surface area contributed by atoms with E-state index >= 15 is 0 Å². The van der Waals surface area contributed by atoms with E-state index in [9.17, 15) is 4.39 Å². The standard InChI is InChI=1S/C10H14FNS/c1-8-4-2-5-9(10(8)12)13-7-3-6-11/h2,4-5H,3,6-7,12H2,1H3. The summed E-state index contributed by atoms with van der Waals surface area (Å²) in [7, 11) is 0. The largest absolute Gasteiger partial charge is 0.398 e. The van der Waals surface area contributed by atoms with E-state index in [1.165, 1.54) is 0 Å². The molecule has 1 aromatic carbocycles. The fourth-order valence-electron chi connectivity index (χ4n) is 1.02. The minimum atomic E-state index is -0.251. The zero-order chi connectivity index (χ0) is 9.68. The molecule has 0 saturated heterocycles. The van der Waals surface area contributed by atoms with Crippen LogP contribution < -0.4 is 5.73 Å². The second kappa shape index (κ2) is 5.12. The number of halogens is 1. The fraction of sp³-hybridized carbons (Fsp3) is 0.400. The van der Waals surface area contributed by atoms with E-state index in [0.29, 0.717) is 6.42 Å². The van der Waals surface area contributed by atoms with E-state index in [0.717, 1.165) is 21.9 Å². The molecule has 0 fully saturated rings. The van der Waals surface area contributed by atoms with Crippen LogP contribution in [-0.4, -0.2) is 12.4 Å². The summed E-state index contributed by atoms with van der Waals surface area (Å²) < 4.78 is 11.8. The summed E-state index contributed by atoms with van der Waals surface area (Å²) in [4.78, 5) is 1.06. The molecule has 1 rings (SSSR count). The van der Waals surface area contributed by atoms with Crippen LogP contribution in [-0.2, 0) is 0 Å². The first kappa shape index (κ1) is 10.4. The zero-order valence-corrected chi connectivity index (χ0v) is 8.53. The van der Waals surface area contributed by atoms with Gasteiger partial charge in [-0.3, -0.25) is 4.39 Å². The van der Waals surface area contributed by atoms with Gasteiger partial charge in [-0.05, 0) is 25.0 Å². The van der Waals surface area contributed by atoms with E-state index in [4.69, 9.17) is 5.73 Å². The summed E-state index contributed by atoms with van der Waals surface area (Å²) in [6.45, 7) is 1.73. The van der Waals surface area contributed by atoms with E-state index in [-0.39, 0.29) is 6.67 Å². The Balaban J connectivity index is 2.61. The number of nitrogen functional groups attached to an aromatic ring is 1. The molecule has 0 aliphatic rings. The van der Waals surface area contributed by atoms with Crippen molar-refractivity contribution in [1.82, 2.24) is 0 Å². The van der Waals surface area contributed by atoms with E-state index in [2.05, 4.69) is 0 Å². The number of hydrogen-bond acceptors (Lipinski definition) is 2. The van der Waals surface area contributed by atoms with Crippen LogP contribution in [0.15, 0.2) is 23.1 Å². The molecule has 0 atom stereocenters. The topological polar surface area (TPSA) is 26.0 Å². The normalized spacial score (nSPS) is 10.3. The highest BCUT2D eigenvalue weighted by atomic mass is 32.2. The third kappa shape index (κ3) is 2.92. The summed E-state index contributed by atoms with van der Waals surface area (Å²) >= 11 is 1.62. The number of thioether (sulfide) groups is 1. The molecule has 1 nitrogen and oxygen atoms in total. The fourth-order valence-corrected chi connectivity index (χ4v) is 1.98. The Morgan fingerprint density at radius 1 is 1.46 bits per heavy atom. The van der Waals surface area contributed by atoms with Crippen LogP contribution >= 0.6 is 11.8 Å². The molecule has 1 aromatic rings. The second-order valence-corrected chi connectivity index (χ2v) is 4.01. The van der Waals surface area contributed by atoms with Crippen LogP contribution in [0, 0.1) is 6.92 Å². The van der Waals surface area contributed by atoms with Crippen LogP contribution in [0.3, 0.4) is 0 Å². The molecule has 72 valence electrons. The Morgan fingerprint density at radius 3 is 2.92 bits per heavy atom. The lowest BCUT2D eigenvalue weighted by molar-refractivity contribution is 0.489. The molecule has 0 radical (unpaired) electrons. The van der Waals surface area contributed by atoms with Crippen molar-refractivity contribution in [3.8, 4) is 0 Å². The monoisotopic (exact) mass is 199 g/mol. The van der Waals surface area contributed by atoms with Gasteiger partial charge in [-0.2, -0.15) is 0 Å². The Morgan fingerprint density at radius 2 is 2.23 bits per heavy atom. The number of aryl methyl sites for hydroxylation is 1. The Kier molecular flexibility index (Phi) is 4.09. The summed E-state index contributed by atoms with van der Waals surface area (Å²) in [5.74, 6) is 0.796. The van der Waals surface area contributed by atoms with Gasteiger partial charge in [0.25, 0.3) is 0 Å². The lowest BCUT2D eigenvalue weighted by atomic mass is 10.2. The van der Waals surface area contributed by atoms with Crippen LogP contribution in [0.25, 0.3) is 0 Å². The van der Waals surface area contributed by atoms with Gasteiger partial charge in [0.05, 0.1) is 6.67 Å². The zero-order valence-electron chi connectivity index (χ0n) is 7.72. The summed E-state index contributed by atoms with van der Waals surface area (Å²) in [5, 5.41) is 0. The first-order valence-corrected chi connectivity index (χ1v) is 5.28. The average Bonchev–Trinajstić information content (AvgIpc) is 2.13. The van der Waals surface area contributed by atoms with Crippen molar-refractivity contribution in [3.05, 3.63) is 23.8 Å². The third-order valence-electron chi connectivity index (χ3n) is 1.82. The van der Waals surface area contributed by atoms with Crippen LogP contribution in [0.4, 0.5) is 10.1 Å². The molecule has 0 amide bonds. The highest BCUT2D eigenvalue weighted by molar-refractivity contribution is 7.99. The van der Waals surface area contributed by atoms with Gasteiger partial charge in [0.2, 0.25) is 0 Å². The van der Waals surface area contributed by atoms with E-state index in [1.54, 1.807) is 11.8 Å². The van der Waals surface area contributed by atoms with Gasteiger partial charge in [0.1, 0.15) is 0 Å². The lowest BCUT2D eigenvalue weighted by Crippen LogP contribution is -1.92. The number of alkyl halides is 1. The molecule has 0 spiro atoms. The molecule has 13 heavy (non-hydrogen) atoms. The minimum Gasteiger partial charge on any atom is -0.398 e. The lowest BCUT2D eigenvalue weighted by Gasteiger charge is -2.06. The smallest absolute Gasteiger partial charge is 0.0902 e. The van der Waals surface area contributed by atoms with Crippen molar-refractivity contribution in [2.75, 3.05) is 18.2 Å². The first-order chi connectivity index (χ1) is 6.25. The molecule has 0 aliphatic carbocycles. The van der Waals surface area contributed by atoms with Crippen molar-refractivity contribution in [1.29, 1.82) is 0 Å². The van der Waals surface area contributed by atoms with E-state index in [1.807, 2.05) is 25.1 Å². The highest BCUT2D eigenvalue weighted by Crippen LogP contribution is 2.27. The minimum absolute atomic E-state index is 0.251. The second-order valence-electron chi connectivity index (χ2n) is 2.88. The number of anilines is 1. The average molecular weight is 199 g/mol. The molecule has 3 heteroatoms. The van der Waals surface area contributed by atoms with Crippen LogP contribution in [0.5, 0.6) is 0 Å². The molecule has 0 bridgehead atoms. The number of para-hydroxylation sites is 1.